The molecule has 0 radical (unpaired) electrons. The van der Waals surface area contributed by atoms with E-state index in [9.17, 15) is 9.59 Å². The molecule has 0 saturated carbocycles. The van der Waals surface area contributed by atoms with Crippen molar-refractivity contribution in [3.05, 3.63) is 24.8 Å². The molecule has 0 spiro atoms. The lowest BCUT2D eigenvalue weighted by Crippen LogP contribution is -2.23. The van der Waals surface area contributed by atoms with Gasteiger partial charge in [0.05, 0.1) is 0 Å². The molecule has 3 nitrogen and oxygen atoms in total. The topological polar surface area (TPSA) is 43.4 Å². The Morgan fingerprint density at radius 3 is 2.46 bits per heavy atom. The third-order valence-corrected chi connectivity index (χ3v) is 1.43. The van der Waals surface area contributed by atoms with Gasteiger partial charge in [0.25, 0.3) is 0 Å². The molecular formula is C10H14O3. The van der Waals surface area contributed by atoms with E-state index in [4.69, 9.17) is 4.74 Å². The Morgan fingerprint density at radius 2 is 2.08 bits per heavy atom. The van der Waals surface area contributed by atoms with Gasteiger partial charge < -0.3 is 4.74 Å². The number of allylic oxidation sites excluding steroid dienone is 1. The monoisotopic (exact) mass is 182 g/mol. The number of ketones is 1. The lowest BCUT2D eigenvalue weighted by Gasteiger charge is -2.10. The van der Waals surface area contributed by atoms with E-state index in [-0.39, 0.29) is 12.2 Å². The van der Waals surface area contributed by atoms with Crippen LogP contribution in [0.15, 0.2) is 24.8 Å². The van der Waals surface area contributed by atoms with E-state index in [0.29, 0.717) is 5.57 Å². The largest absolute Gasteiger partial charge is 0.451 e. The van der Waals surface area contributed by atoms with Crippen molar-refractivity contribution in [3.63, 3.8) is 0 Å². The van der Waals surface area contributed by atoms with Crippen LogP contribution in [-0.2, 0) is 14.3 Å². The van der Waals surface area contributed by atoms with Gasteiger partial charge in [0.2, 0.25) is 0 Å². The first-order valence-corrected chi connectivity index (χ1v) is 3.99. The van der Waals surface area contributed by atoms with Crippen molar-refractivity contribution in [1.82, 2.24) is 0 Å². The smallest absolute Gasteiger partial charge is 0.333 e. The number of carbonyl (C=O) groups excluding carboxylic acids is 2. The van der Waals surface area contributed by atoms with Crippen LogP contribution >= 0.6 is 0 Å². The van der Waals surface area contributed by atoms with Crippen molar-refractivity contribution < 1.29 is 14.3 Å². The van der Waals surface area contributed by atoms with Crippen molar-refractivity contribution in [2.45, 2.75) is 26.4 Å². The van der Waals surface area contributed by atoms with Crippen LogP contribution in [0.2, 0.25) is 0 Å². The van der Waals surface area contributed by atoms with E-state index in [1.807, 2.05) is 0 Å². The van der Waals surface area contributed by atoms with Crippen molar-refractivity contribution in [2.24, 2.45) is 0 Å². The van der Waals surface area contributed by atoms with Crippen LogP contribution < -0.4 is 0 Å². The van der Waals surface area contributed by atoms with E-state index in [1.165, 1.54) is 19.9 Å². The van der Waals surface area contributed by atoms with E-state index in [1.54, 1.807) is 0 Å². The standard InChI is InChI=1S/C10H14O3/c1-5-6-9(11)8(4)13-10(12)7(2)3/h5,8H,1-2,6H2,3-4H3. The molecule has 1 atom stereocenters. The molecule has 3 heteroatoms. The highest BCUT2D eigenvalue weighted by molar-refractivity contribution is 5.91. The number of ether oxygens (including phenoxy) is 1. The highest BCUT2D eigenvalue weighted by Gasteiger charge is 2.16. The summed E-state index contributed by atoms with van der Waals surface area (Å²) >= 11 is 0. The first-order valence-electron chi connectivity index (χ1n) is 3.99. The molecule has 0 aliphatic rings. The molecule has 0 rings (SSSR count). The summed E-state index contributed by atoms with van der Waals surface area (Å²) in [6.45, 7) is 9.90. The Kier molecular flexibility index (Phi) is 4.74. The number of Topliss-reactive ketones (excluding diaryl/α,β-unsaturated/α-hetero) is 1. The van der Waals surface area contributed by atoms with E-state index >= 15 is 0 Å². The zero-order valence-corrected chi connectivity index (χ0v) is 8.00. The van der Waals surface area contributed by atoms with Gasteiger partial charge in [-0.1, -0.05) is 12.7 Å². The number of esters is 1. The molecule has 0 bridgehead atoms. The normalized spacial score (nSPS) is 11.5. The zero-order valence-electron chi connectivity index (χ0n) is 8.00. The maximum Gasteiger partial charge on any atom is 0.333 e. The fraction of sp³-hybridized carbons (Fsp3) is 0.400. The molecule has 72 valence electrons. The summed E-state index contributed by atoms with van der Waals surface area (Å²) in [5.41, 5.74) is 0.290. The molecule has 0 saturated heterocycles. The Labute approximate surface area is 78.1 Å². The van der Waals surface area contributed by atoms with E-state index in [2.05, 4.69) is 13.2 Å². The minimum atomic E-state index is -0.720. The molecule has 0 aromatic carbocycles. The predicted molar refractivity (Wildman–Crippen MR) is 50.2 cm³/mol. The Bertz CT molecular complexity index is 241. The van der Waals surface area contributed by atoms with Crippen LogP contribution in [0.4, 0.5) is 0 Å². The van der Waals surface area contributed by atoms with E-state index in [0.717, 1.165) is 0 Å². The van der Waals surface area contributed by atoms with Crippen LogP contribution in [0, 0.1) is 0 Å². The molecule has 0 heterocycles. The minimum Gasteiger partial charge on any atom is -0.451 e. The van der Waals surface area contributed by atoms with Gasteiger partial charge in [-0.2, -0.15) is 0 Å². The fourth-order valence-electron chi connectivity index (χ4n) is 0.635. The molecule has 0 N–H and O–H groups in total. The highest BCUT2D eigenvalue weighted by Crippen LogP contribution is 2.01. The van der Waals surface area contributed by atoms with E-state index < -0.39 is 12.1 Å². The zero-order chi connectivity index (χ0) is 10.4. The van der Waals surface area contributed by atoms with Crippen molar-refractivity contribution >= 4 is 11.8 Å². The number of hydrogen-bond acceptors (Lipinski definition) is 3. The predicted octanol–water partition coefficient (Wildman–Crippen LogP) is 1.64. The highest BCUT2D eigenvalue weighted by atomic mass is 16.5. The molecule has 0 aliphatic heterocycles. The van der Waals surface area contributed by atoms with Gasteiger partial charge in [0.1, 0.15) is 0 Å². The Hall–Kier alpha value is -1.38. The van der Waals surface area contributed by atoms with Crippen molar-refractivity contribution in [3.8, 4) is 0 Å². The maximum absolute atomic E-state index is 11.1. The summed E-state index contributed by atoms with van der Waals surface area (Å²) in [7, 11) is 0. The summed E-state index contributed by atoms with van der Waals surface area (Å²) in [4.78, 5) is 22.1. The summed E-state index contributed by atoms with van der Waals surface area (Å²) in [5, 5.41) is 0. The molecule has 0 aliphatic carbocycles. The second kappa shape index (κ2) is 5.30. The second-order valence-electron chi connectivity index (χ2n) is 2.79. The molecule has 1 unspecified atom stereocenters. The van der Waals surface area contributed by atoms with Crippen LogP contribution in [0.5, 0.6) is 0 Å². The van der Waals surface area contributed by atoms with Gasteiger partial charge in [-0.25, -0.2) is 4.79 Å². The van der Waals surface area contributed by atoms with Crippen molar-refractivity contribution in [2.75, 3.05) is 0 Å². The summed E-state index contributed by atoms with van der Waals surface area (Å²) in [6, 6.07) is 0. The second-order valence-corrected chi connectivity index (χ2v) is 2.79. The molecule has 0 aromatic rings. The molecular weight excluding hydrogens is 168 g/mol. The van der Waals surface area contributed by atoms with Crippen LogP contribution in [0.1, 0.15) is 20.3 Å². The summed E-state index contributed by atoms with van der Waals surface area (Å²) in [5.74, 6) is -0.700. The lowest BCUT2D eigenvalue weighted by atomic mass is 10.2. The average Bonchev–Trinajstić information content (AvgIpc) is 2.04. The molecule has 0 amide bonds. The summed E-state index contributed by atoms with van der Waals surface area (Å²) in [6.07, 6.45) is 0.972. The van der Waals surface area contributed by atoms with Gasteiger partial charge in [-0.15, -0.1) is 6.58 Å². The molecule has 0 fully saturated rings. The van der Waals surface area contributed by atoms with Gasteiger partial charge >= 0.3 is 5.97 Å². The van der Waals surface area contributed by atoms with Gasteiger partial charge in [0, 0.05) is 12.0 Å². The van der Waals surface area contributed by atoms with Gasteiger partial charge in [0.15, 0.2) is 11.9 Å². The Morgan fingerprint density at radius 1 is 1.54 bits per heavy atom. The minimum absolute atomic E-state index is 0.162. The lowest BCUT2D eigenvalue weighted by molar-refractivity contribution is -0.149. The van der Waals surface area contributed by atoms with Crippen LogP contribution in [-0.4, -0.2) is 17.9 Å². The van der Waals surface area contributed by atoms with Crippen LogP contribution in [0.25, 0.3) is 0 Å². The average molecular weight is 182 g/mol. The maximum atomic E-state index is 11.1. The molecule has 13 heavy (non-hydrogen) atoms. The first-order chi connectivity index (χ1) is 5.99. The van der Waals surface area contributed by atoms with Gasteiger partial charge in [-0.3, -0.25) is 4.79 Å². The fourth-order valence-corrected chi connectivity index (χ4v) is 0.635. The summed E-state index contributed by atoms with van der Waals surface area (Å²) < 4.78 is 4.79. The number of rotatable bonds is 5. The Balaban J connectivity index is 4.06. The van der Waals surface area contributed by atoms with Crippen molar-refractivity contribution in [1.29, 1.82) is 0 Å². The number of carbonyl (C=O) groups is 2. The first kappa shape index (κ1) is 11.6. The molecule has 0 aromatic heterocycles. The SMILES string of the molecule is C=CCC(=O)C(C)OC(=O)C(=C)C. The quantitative estimate of drug-likeness (QED) is 0.369. The third kappa shape index (κ3) is 4.25. The van der Waals surface area contributed by atoms with Crippen LogP contribution in [0.3, 0.4) is 0 Å². The number of hydrogen-bond donors (Lipinski definition) is 0. The third-order valence-electron chi connectivity index (χ3n) is 1.43. The van der Waals surface area contributed by atoms with Gasteiger partial charge in [-0.05, 0) is 13.8 Å².